The first-order valence-corrected chi connectivity index (χ1v) is 11.0. The van der Waals surface area contributed by atoms with Gasteiger partial charge in [0.25, 0.3) is 0 Å². The molecule has 0 amide bonds. The largest absolute Gasteiger partial charge is 0.726 e. The van der Waals surface area contributed by atoms with E-state index in [1.54, 1.807) is 11.4 Å². The zero-order chi connectivity index (χ0) is 11.0. The molecule has 0 aromatic heterocycles. The van der Waals surface area contributed by atoms with Gasteiger partial charge >= 0.3 is 0 Å². The molecule has 1 unspecified atom stereocenters. The van der Waals surface area contributed by atoms with E-state index in [0.717, 1.165) is 12.2 Å². The highest BCUT2D eigenvalue weighted by Crippen LogP contribution is 2.61. The molecule has 0 spiro atoms. The first-order valence-electron chi connectivity index (χ1n) is 4.41. The van der Waals surface area contributed by atoms with E-state index in [0.29, 0.717) is 13.2 Å². The number of ether oxygens (including phenoxy) is 2. The van der Waals surface area contributed by atoms with Crippen molar-refractivity contribution in [2.24, 2.45) is 0 Å². The second-order valence-corrected chi connectivity index (χ2v) is 16.1. The standard InChI is InChI=1S/C7H17O2PS4/c1-3-8-7(9-4-2)5-6-14-10(11,12)13/h7H,3-6H2,1-2H3,(H2,11,12,13)/p-1. The van der Waals surface area contributed by atoms with Crippen molar-refractivity contribution in [3.05, 3.63) is 0 Å². The molecule has 0 aromatic rings. The quantitative estimate of drug-likeness (QED) is 0.319. The summed E-state index contributed by atoms with van der Waals surface area (Å²) in [6, 6.07) is 0. The van der Waals surface area contributed by atoms with E-state index >= 15 is 0 Å². The summed E-state index contributed by atoms with van der Waals surface area (Å²) >= 11 is 15.8. The van der Waals surface area contributed by atoms with Crippen LogP contribution in [0.1, 0.15) is 20.3 Å². The zero-order valence-electron chi connectivity index (χ0n) is 8.34. The van der Waals surface area contributed by atoms with E-state index < -0.39 is 3.64 Å². The second kappa shape index (κ2) is 8.74. The van der Waals surface area contributed by atoms with Crippen molar-refractivity contribution < 1.29 is 9.47 Å². The van der Waals surface area contributed by atoms with Gasteiger partial charge in [0.2, 0.25) is 0 Å². The number of rotatable bonds is 8. The van der Waals surface area contributed by atoms with Gasteiger partial charge in [0.15, 0.2) is 6.29 Å². The van der Waals surface area contributed by atoms with Crippen LogP contribution in [-0.4, -0.2) is 25.3 Å². The Morgan fingerprint density at radius 2 is 1.93 bits per heavy atom. The molecule has 0 N–H and O–H groups in total. The minimum atomic E-state index is -1.84. The number of hydrogen-bond donors (Lipinski definition) is 1. The van der Waals surface area contributed by atoms with E-state index in [1.807, 2.05) is 13.8 Å². The Bertz CT molecular complexity index is 179. The van der Waals surface area contributed by atoms with Gasteiger partial charge in [-0.05, 0) is 13.8 Å². The van der Waals surface area contributed by atoms with Gasteiger partial charge in [-0.15, -0.1) is 23.2 Å². The lowest BCUT2D eigenvalue weighted by atomic mass is 10.5. The molecule has 0 aliphatic rings. The van der Waals surface area contributed by atoms with E-state index in [2.05, 4.69) is 12.2 Å². The third kappa shape index (κ3) is 10.1. The van der Waals surface area contributed by atoms with Crippen molar-refractivity contribution in [1.82, 2.24) is 0 Å². The molecule has 0 saturated carbocycles. The fourth-order valence-corrected chi connectivity index (χ4v) is 4.46. The monoisotopic (exact) mass is 291 g/mol. The Labute approximate surface area is 106 Å². The van der Waals surface area contributed by atoms with Crippen LogP contribution in [-0.2, 0) is 33.5 Å². The van der Waals surface area contributed by atoms with Crippen molar-refractivity contribution in [1.29, 1.82) is 0 Å². The van der Waals surface area contributed by atoms with Gasteiger partial charge in [-0.2, -0.15) is 12.2 Å². The van der Waals surface area contributed by atoms with Crippen LogP contribution in [0.3, 0.4) is 0 Å². The summed E-state index contributed by atoms with van der Waals surface area (Å²) in [5, 5.41) is 0. The Morgan fingerprint density at radius 3 is 2.29 bits per heavy atom. The van der Waals surface area contributed by atoms with Crippen molar-refractivity contribution in [2.75, 3.05) is 19.0 Å². The minimum absolute atomic E-state index is 0.123. The van der Waals surface area contributed by atoms with Gasteiger partial charge in [0, 0.05) is 25.4 Å². The number of thiol groups is 1. The van der Waals surface area contributed by atoms with Gasteiger partial charge in [0.1, 0.15) is 0 Å². The van der Waals surface area contributed by atoms with Crippen LogP contribution >= 0.6 is 27.3 Å². The van der Waals surface area contributed by atoms with Gasteiger partial charge in [0.05, 0.1) is 0 Å². The Balaban J connectivity index is 3.65. The summed E-state index contributed by atoms with van der Waals surface area (Å²) < 4.78 is 8.92. The first kappa shape index (κ1) is 15.6. The average Bonchev–Trinajstić information content (AvgIpc) is 2.02. The van der Waals surface area contributed by atoms with Crippen LogP contribution in [0.4, 0.5) is 0 Å². The van der Waals surface area contributed by atoms with Crippen LogP contribution in [0.2, 0.25) is 0 Å². The Hall–Kier alpha value is 1.62. The number of hydrogen-bond acceptors (Lipinski definition) is 5. The zero-order valence-corrected chi connectivity index (χ0v) is 12.6. The van der Waals surface area contributed by atoms with Crippen molar-refractivity contribution in [3.63, 3.8) is 0 Å². The highest BCUT2D eigenvalue weighted by molar-refractivity contribution is 9.14. The smallest absolute Gasteiger partial charge is 0.158 e. The summed E-state index contributed by atoms with van der Waals surface area (Å²) in [7, 11) is 0. The second-order valence-electron chi connectivity index (χ2n) is 2.43. The lowest BCUT2D eigenvalue weighted by Crippen LogP contribution is -2.17. The molecule has 0 heterocycles. The Kier molecular flexibility index (Phi) is 9.75. The molecular formula is C7H16O2PS4-. The van der Waals surface area contributed by atoms with Gasteiger partial charge in [-0.25, -0.2) is 0 Å². The molecule has 0 fully saturated rings. The summed E-state index contributed by atoms with van der Waals surface area (Å²) in [5.41, 5.74) is 0. The molecule has 0 radical (unpaired) electrons. The molecular weight excluding hydrogens is 275 g/mol. The van der Waals surface area contributed by atoms with Gasteiger partial charge in [-0.3, -0.25) is 0 Å². The summed E-state index contributed by atoms with van der Waals surface area (Å²) in [4.78, 5) is 0. The summed E-state index contributed by atoms with van der Waals surface area (Å²) in [6.07, 6.45) is 0.699. The fourth-order valence-electron chi connectivity index (χ4n) is 0.851. The normalized spacial score (nSPS) is 15.8. The third-order valence-corrected chi connectivity index (χ3v) is 6.52. The highest BCUT2D eigenvalue weighted by atomic mass is 33.5. The predicted molar refractivity (Wildman–Crippen MR) is 74.8 cm³/mol. The molecule has 0 aliphatic heterocycles. The lowest BCUT2D eigenvalue weighted by molar-refractivity contribution is -0.136. The molecule has 0 rings (SSSR count). The molecule has 7 heteroatoms. The first-order chi connectivity index (χ1) is 6.49. The van der Waals surface area contributed by atoms with Crippen LogP contribution in [0.15, 0.2) is 0 Å². The van der Waals surface area contributed by atoms with E-state index in [1.165, 1.54) is 0 Å². The Morgan fingerprint density at radius 1 is 1.43 bits per heavy atom. The summed E-state index contributed by atoms with van der Waals surface area (Å²) in [5.74, 6) is 0.856. The molecule has 14 heavy (non-hydrogen) atoms. The van der Waals surface area contributed by atoms with Crippen molar-refractivity contribution >= 4 is 51.3 Å². The average molecular weight is 291 g/mol. The lowest BCUT2D eigenvalue weighted by Gasteiger charge is -2.22. The van der Waals surface area contributed by atoms with Crippen molar-refractivity contribution in [2.45, 2.75) is 26.6 Å². The summed E-state index contributed by atoms with van der Waals surface area (Å²) in [6.45, 7) is 5.24. The third-order valence-electron chi connectivity index (χ3n) is 1.31. The SMILES string of the molecule is CCOC(CCSP(=S)([S-])S)OCC. The van der Waals surface area contributed by atoms with Gasteiger partial charge in [-0.1, -0.05) is 3.64 Å². The van der Waals surface area contributed by atoms with Crippen LogP contribution in [0.25, 0.3) is 0 Å². The topological polar surface area (TPSA) is 18.5 Å². The van der Waals surface area contributed by atoms with E-state index in [4.69, 9.17) is 33.5 Å². The van der Waals surface area contributed by atoms with E-state index in [-0.39, 0.29) is 6.29 Å². The van der Waals surface area contributed by atoms with Crippen LogP contribution in [0.5, 0.6) is 0 Å². The van der Waals surface area contributed by atoms with Crippen molar-refractivity contribution in [3.8, 4) is 0 Å². The van der Waals surface area contributed by atoms with Crippen LogP contribution < -0.4 is 0 Å². The molecule has 0 aliphatic carbocycles. The van der Waals surface area contributed by atoms with Gasteiger partial charge < -0.3 is 21.7 Å². The molecule has 0 aromatic carbocycles. The predicted octanol–water partition coefficient (Wildman–Crippen LogP) is 3.21. The van der Waals surface area contributed by atoms with E-state index in [9.17, 15) is 0 Å². The molecule has 86 valence electrons. The highest BCUT2D eigenvalue weighted by Gasteiger charge is 2.07. The fraction of sp³-hybridized carbons (Fsp3) is 1.00. The molecule has 2 nitrogen and oxygen atoms in total. The maximum atomic E-state index is 5.38. The maximum absolute atomic E-state index is 5.38. The molecule has 1 atom stereocenters. The minimum Gasteiger partial charge on any atom is -0.726 e. The molecule has 0 saturated heterocycles. The molecule has 0 bridgehead atoms. The maximum Gasteiger partial charge on any atom is 0.158 e. The van der Waals surface area contributed by atoms with Crippen LogP contribution in [0, 0.1) is 0 Å².